The average molecular weight is 238 g/mol. The highest BCUT2D eigenvalue weighted by molar-refractivity contribution is 5.01. The van der Waals surface area contributed by atoms with E-state index in [0.29, 0.717) is 18.4 Å². The Kier molecular flexibility index (Phi) is 4.18. The zero-order chi connectivity index (χ0) is 12.3. The summed E-state index contributed by atoms with van der Waals surface area (Å²) in [7, 11) is 0. The first-order valence-corrected chi connectivity index (χ1v) is 6.43. The zero-order valence-corrected chi connectivity index (χ0v) is 10.9. The Morgan fingerprint density at radius 2 is 2.35 bits per heavy atom. The van der Waals surface area contributed by atoms with Crippen LogP contribution < -0.4 is 5.32 Å². The number of rotatable bonds is 5. The van der Waals surface area contributed by atoms with Crippen LogP contribution >= 0.6 is 0 Å². The van der Waals surface area contributed by atoms with Crippen LogP contribution in [0.5, 0.6) is 0 Å². The van der Waals surface area contributed by atoms with E-state index in [0.717, 1.165) is 31.2 Å². The second kappa shape index (κ2) is 5.65. The molecule has 17 heavy (non-hydrogen) atoms. The molecular weight excluding hydrogens is 216 g/mol. The molecule has 0 spiro atoms. The molecule has 1 N–H and O–H groups in total. The highest BCUT2D eigenvalue weighted by atomic mass is 16.5. The number of hydrogen-bond donors (Lipinski definition) is 1. The standard InChI is InChI=1S/C13H22N2O2/c1-9(2)6-14-8-12-15-7-11(17-12)13-10(3)4-5-16-13/h7,9-10,13-14H,4-6,8H2,1-3H3. The molecule has 1 fully saturated rings. The summed E-state index contributed by atoms with van der Waals surface area (Å²) in [6.07, 6.45) is 3.01. The van der Waals surface area contributed by atoms with Crippen molar-refractivity contribution >= 4 is 0 Å². The molecule has 4 nitrogen and oxygen atoms in total. The van der Waals surface area contributed by atoms with Gasteiger partial charge in [0.1, 0.15) is 6.10 Å². The smallest absolute Gasteiger partial charge is 0.208 e. The number of aromatic nitrogens is 1. The summed E-state index contributed by atoms with van der Waals surface area (Å²) in [6.45, 7) is 9.06. The van der Waals surface area contributed by atoms with Crippen LogP contribution in [-0.4, -0.2) is 18.1 Å². The normalized spacial score (nSPS) is 24.7. The Morgan fingerprint density at radius 3 is 3.00 bits per heavy atom. The second-order valence-electron chi connectivity index (χ2n) is 5.24. The fourth-order valence-electron chi connectivity index (χ4n) is 2.06. The fraction of sp³-hybridized carbons (Fsp3) is 0.769. The van der Waals surface area contributed by atoms with E-state index in [4.69, 9.17) is 9.15 Å². The summed E-state index contributed by atoms with van der Waals surface area (Å²) in [5.41, 5.74) is 0. The van der Waals surface area contributed by atoms with Crippen molar-refractivity contribution in [2.75, 3.05) is 13.2 Å². The van der Waals surface area contributed by atoms with Gasteiger partial charge in [-0.2, -0.15) is 0 Å². The van der Waals surface area contributed by atoms with E-state index >= 15 is 0 Å². The van der Waals surface area contributed by atoms with E-state index in [1.54, 1.807) is 6.20 Å². The quantitative estimate of drug-likeness (QED) is 0.856. The van der Waals surface area contributed by atoms with Crippen LogP contribution in [0.1, 0.15) is 44.9 Å². The van der Waals surface area contributed by atoms with E-state index in [-0.39, 0.29) is 6.10 Å². The van der Waals surface area contributed by atoms with Crippen molar-refractivity contribution in [2.24, 2.45) is 11.8 Å². The maximum atomic E-state index is 5.72. The van der Waals surface area contributed by atoms with Gasteiger partial charge in [-0.05, 0) is 24.8 Å². The SMILES string of the molecule is CC(C)CNCc1ncc(C2OCCC2C)o1. The summed E-state index contributed by atoms with van der Waals surface area (Å²) in [4.78, 5) is 4.28. The van der Waals surface area contributed by atoms with Gasteiger partial charge >= 0.3 is 0 Å². The van der Waals surface area contributed by atoms with Crippen molar-refractivity contribution in [1.29, 1.82) is 0 Å². The van der Waals surface area contributed by atoms with Crippen molar-refractivity contribution in [2.45, 2.75) is 39.8 Å². The summed E-state index contributed by atoms with van der Waals surface area (Å²) in [6, 6.07) is 0. The van der Waals surface area contributed by atoms with Gasteiger partial charge in [-0.3, -0.25) is 0 Å². The molecule has 0 radical (unpaired) electrons. The topological polar surface area (TPSA) is 47.3 Å². The first kappa shape index (κ1) is 12.6. The third-order valence-electron chi connectivity index (χ3n) is 3.07. The number of ether oxygens (including phenoxy) is 1. The minimum absolute atomic E-state index is 0.0985. The third-order valence-corrected chi connectivity index (χ3v) is 3.07. The molecule has 4 heteroatoms. The van der Waals surface area contributed by atoms with E-state index < -0.39 is 0 Å². The summed E-state index contributed by atoms with van der Waals surface area (Å²) in [5.74, 6) is 2.79. The molecule has 0 amide bonds. The first-order chi connectivity index (χ1) is 8.16. The van der Waals surface area contributed by atoms with Crippen molar-refractivity contribution in [3.8, 4) is 0 Å². The van der Waals surface area contributed by atoms with Gasteiger partial charge in [0, 0.05) is 6.61 Å². The molecule has 96 valence electrons. The Hall–Kier alpha value is -0.870. The van der Waals surface area contributed by atoms with Crippen molar-refractivity contribution in [3.63, 3.8) is 0 Å². The Balaban J connectivity index is 1.87. The maximum Gasteiger partial charge on any atom is 0.208 e. The Bertz CT molecular complexity index is 349. The molecule has 2 atom stereocenters. The third kappa shape index (κ3) is 3.30. The van der Waals surface area contributed by atoms with Crippen LogP contribution in [0.2, 0.25) is 0 Å². The molecule has 2 rings (SSSR count). The monoisotopic (exact) mass is 238 g/mol. The zero-order valence-electron chi connectivity index (χ0n) is 10.9. The molecular formula is C13H22N2O2. The van der Waals surface area contributed by atoms with Gasteiger partial charge in [-0.15, -0.1) is 0 Å². The van der Waals surface area contributed by atoms with Crippen molar-refractivity contribution < 1.29 is 9.15 Å². The van der Waals surface area contributed by atoms with Gasteiger partial charge < -0.3 is 14.5 Å². The molecule has 2 heterocycles. The predicted molar refractivity (Wildman–Crippen MR) is 65.5 cm³/mol. The van der Waals surface area contributed by atoms with Gasteiger partial charge in [-0.1, -0.05) is 20.8 Å². The largest absolute Gasteiger partial charge is 0.442 e. The lowest BCUT2D eigenvalue weighted by molar-refractivity contribution is 0.0748. The molecule has 0 aliphatic carbocycles. The van der Waals surface area contributed by atoms with Crippen LogP contribution in [0.25, 0.3) is 0 Å². The lowest BCUT2D eigenvalue weighted by Crippen LogP contribution is -2.19. The highest BCUT2D eigenvalue weighted by Gasteiger charge is 2.28. The molecule has 1 aromatic rings. The molecule has 0 aromatic carbocycles. The predicted octanol–water partition coefficient (Wildman–Crippen LogP) is 2.52. The minimum atomic E-state index is 0.0985. The summed E-state index contributed by atoms with van der Waals surface area (Å²) in [5, 5.41) is 3.32. The van der Waals surface area contributed by atoms with Gasteiger partial charge in [0.15, 0.2) is 5.76 Å². The molecule has 1 aliphatic heterocycles. The van der Waals surface area contributed by atoms with Gasteiger partial charge in [0.2, 0.25) is 5.89 Å². The number of nitrogens with one attached hydrogen (secondary N) is 1. The van der Waals surface area contributed by atoms with Crippen molar-refractivity contribution in [1.82, 2.24) is 10.3 Å². The molecule has 0 bridgehead atoms. The summed E-state index contributed by atoms with van der Waals surface area (Å²) >= 11 is 0. The lowest BCUT2D eigenvalue weighted by Gasteiger charge is -2.10. The van der Waals surface area contributed by atoms with Crippen LogP contribution in [0, 0.1) is 11.8 Å². The number of oxazole rings is 1. The van der Waals surface area contributed by atoms with Gasteiger partial charge in [0.25, 0.3) is 0 Å². The fourth-order valence-corrected chi connectivity index (χ4v) is 2.06. The van der Waals surface area contributed by atoms with Gasteiger partial charge in [-0.25, -0.2) is 4.98 Å². The Labute approximate surface area is 103 Å². The van der Waals surface area contributed by atoms with E-state index in [1.165, 1.54) is 0 Å². The molecule has 1 saturated heterocycles. The highest BCUT2D eigenvalue weighted by Crippen LogP contribution is 2.34. The van der Waals surface area contributed by atoms with Crippen LogP contribution in [0.15, 0.2) is 10.6 Å². The van der Waals surface area contributed by atoms with Crippen molar-refractivity contribution in [3.05, 3.63) is 17.8 Å². The first-order valence-electron chi connectivity index (χ1n) is 6.43. The Morgan fingerprint density at radius 1 is 1.53 bits per heavy atom. The van der Waals surface area contributed by atoms with E-state index in [2.05, 4.69) is 31.1 Å². The second-order valence-corrected chi connectivity index (χ2v) is 5.24. The van der Waals surface area contributed by atoms with Crippen LogP contribution in [0.3, 0.4) is 0 Å². The molecule has 1 aliphatic rings. The van der Waals surface area contributed by atoms with Crippen LogP contribution in [0.4, 0.5) is 0 Å². The van der Waals surface area contributed by atoms with Crippen LogP contribution in [-0.2, 0) is 11.3 Å². The van der Waals surface area contributed by atoms with Gasteiger partial charge in [0.05, 0.1) is 12.7 Å². The number of hydrogen-bond acceptors (Lipinski definition) is 4. The molecule has 2 unspecified atom stereocenters. The molecule has 0 saturated carbocycles. The summed E-state index contributed by atoms with van der Waals surface area (Å²) < 4.78 is 11.4. The minimum Gasteiger partial charge on any atom is -0.442 e. The molecule has 1 aromatic heterocycles. The average Bonchev–Trinajstić information content (AvgIpc) is 2.86. The number of nitrogens with zero attached hydrogens (tertiary/aromatic N) is 1. The maximum absolute atomic E-state index is 5.72. The van der Waals surface area contributed by atoms with E-state index in [1.807, 2.05) is 0 Å². The van der Waals surface area contributed by atoms with E-state index in [9.17, 15) is 0 Å². The lowest BCUT2D eigenvalue weighted by atomic mass is 10.0.